The Labute approximate surface area is 151 Å². The van der Waals surface area contributed by atoms with E-state index in [1.54, 1.807) is 6.07 Å². The van der Waals surface area contributed by atoms with Crippen LogP contribution in [0.1, 0.15) is 42.1 Å². The number of carbonyl (C=O) groups is 2. The van der Waals surface area contributed by atoms with Crippen molar-refractivity contribution >= 4 is 29.2 Å². The van der Waals surface area contributed by atoms with Gasteiger partial charge in [-0.05, 0) is 42.2 Å². The van der Waals surface area contributed by atoms with Crippen LogP contribution < -0.4 is 15.2 Å². The fraction of sp³-hybridized carbons (Fsp3) is 0.263. The van der Waals surface area contributed by atoms with E-state index in [2.05, 4.69) is 19.2 Å². The van der Waals surface area contributed by atoms with E-state index in [1.165, 1.54) is 18.2 Å². The number of aromatic carboxylic acids is 1. The number of rotatable bonds is 7. The van der Waals surface area contributed by atoms with Gasteiger partial charge in [-0.3, -0.25) is 4.79 Å². The minimum Gasteiger partial charge on any atom is -0.545 e. The maximum atomic E-state index is 12.1. The molecule has 2 aromatic rings. The van der Waals surface area contributed by atoms with Crippen molar-refractivity contribution in [1.82, 2.24) is 0 Å². The van der Waals surface area contributed by atoms with Gasteiger partial charge in [-0.15, -0.1) is 0 Å². The summed E-state index contributed by atoms with van der Waals surface area (Å²) in [5.41, 5.74) is 0.963. The highest BCUT2D eigenvalue weighted by Crippen LogP contribution is 2.28. The smallest absolute Gasteiger partial charge is 0.262 e. The van der Waals surface area contributed by atoms with Crippen molar-refractivity contribution in [2.24, 2.45) is 0 Å². The van der Waals surface area contributed by atoms with Gasteiger partial charge < -0.3 is 20.0 Å². The first-order valence-electron chi connectivity index (χ1n) is 7.94. The van der Waals surface area contributed by atoms with Crippen molar-refractivity contribution in [2.75, 3.05) is 11.9 Å². The van der Waals surface area contributed by atoms with Crippen molar-refractivity contribution in [3.63, 3.8) is 0 Å². The van der Waals surface area contributed by atoms with E-state index in [-0.39, 0.29) is 17.9 Å². The maximum Gasteiger partial charge on any atom is 0.262 e. The number of amides is 1. The molecule has 0 radical (unpaired) electrons. The van der Waals surface area contributed by atoms with Gasteiger partial charge in [0, 0.05) is 10.6 Å². The highest BCUT2D eigenvalue weighted by atomic mass is 35.5. The maximum absolute atomic E-state index is 12.1. The lowest BCUT2D eigenvalue weighted by molar-refractivity contribution is -0.254. The molecule has 0 saturated heterocycles. The molecule has 0 fully saturated rings. The number of nitrogens with one attached hydrogen (secondary N) is 1. The first kappa shape index (κ1) is 18.8. The van der Waals surface area contributed by atoms with Crippen LogP contribution in [0.25, 0.3) is 0 Å². The summed E-state index contributed by atoms with van der Waals surface area (Å²) in [6.45, 7) is 3.92. The van der Waals surface area contributed by atoms with Gasteiger partial charge in [0.25, 0.3) is 5.91 Å². The number of benzene rings is 2. The molecular weight excluding hydrogens is 342 g/mol. The summed E-state index contributed by atoms with van der Waals surface area (Å²) in [5.74, 6) is -0.936. The molecule has 0 bridgehead atoms. The van der Waals surface area contributed by atoms with Gasteiger partial charge in [-0.25, -0.2) is 0 Å². The molecular formula is C19H19ClNO4-. The Morgan fingerprint density at radius 3 is 2.64 bits per heavy atom. The van der Waals surface area contributed by atoms with Gasteiger partial charge in [0.1, 0.15) is 5.75 Å². The fourth-order valence-electron chi connectivity index (χ4n) is 2.37. The van der Waals surface area contributed by atoms with Crippen LogP contribution in [0.3, 0.4) is 0 Å². The monoisotopic (exact) mass is 360 g/mol. The molecule has 0 aliphatic heterocycles. The van der Waals surface area contributed by atoms with E-state index < -0.39 is 11.9 Å². The molecule has 0 spiro atoms. The summed E-state index contributed by atoms with van der Waals surface area (Å²) in [6, 6.07) is 11.6. The molecule has 25 heavy (non-hydrogen) atoms. The van der Waals surface area contributed by atoms with Gasteiger partial charge in [0.2, 0.25) is 0 Å². The van der Waals surface area contributed by atoms with Crippen LogP contribution in [0.5, 0.6) is 5.75 Å². The van der Waals surface area contributed by atoms with Gasteiger partial charge in [-0.2, -0.15) is 0 Å². The van der Waals surface area contributed by atoms with Crippen LogP contribution in [0.2, 0.25) is 5.02 Å². The van der Waals surface area contributed by atoms with Crippen LogP contribution in [0.15, 0.2) is 42.5 Å². The van der Waals surface area contributed by atoms with Gasteiger partial charge in [0.15, 0.2) is 6.61 Å². The molecule has 0 aromatic heterocycles. The molecule has 0 unspecified atom stereocenters. The topological polar surface area (TPSA) is 78.5 Å². The zero-order chi connectivity index (χ0) is 18.4. The number of halogens is 1. The summed E-state index contributed by atoms with van der Waals surface area (Å²) >= 11 is 5.85. The lowest BCUT2D eigenvalue weighted by atomic mass is 9.98. The van der Waals surface area contributed by atoms with Gasteiger partial charge in [0.05, 0.1) is 11.7 Å². The predicted molar refractivity (Wildman–Crippen MR) is 95.1 cm³/mol. The van der Waals surface area contributed by atoms with Gasteiger partial charge >= 0.3 is 0 Å². The number of hydrogen-bond donors (Lipinski definition) is 1. The van der Waals surface area contributed by atoms with Crippen LogP contribution in [0, 0.1) is 0 Å². The summed E-state index contributed by atoms with van der Waals surface area (Å²) in [5, 5.41) is 13.9. The number of para-hydroxylation sites is 1. The molecule has 0 aliphatic rings. The van der Waals surface area contributed by atoms with Crippen molar-refractivity contribution in [1.29, 1.82) is 0 Å². The van der Waals surface area contributed by atoms with Crippen molar-refractivity contribution in [3.05, 3.63) is 58.6 Å². The largest absolute Gasteiger partial charge is 0.545 e. The molecule has 0 aliphatic carbocycles. The number of carboxylic acid groups (broad SMARTS) is 1. The molecule has 132 valence electrons. The minimum absolute atomic E-state index is 0.0799. The molecule has 1 amide bonds. The van der Waals surface area contributed by atoms with E-state index in [0.717, 1.165) is 12.0 Å². The lowest BCUT2D eigenvalue weighted by Gasteiger charge is -2.16. The molecule has 0 heterocycles. The Morgan fingerprint density at radius 1 is 1.24 bits per heavy atom. The molecule has 1 N–H and O–H groups in total. The average Bonchev–Trinajstić information content (AvgIpc) is 2.59. The fourth-order valence-corrected chi connectivity index (χ4v) is 2.54. The van der Waals surface area contributed by atoms with E-state index in [4.69, 9.17) is 16.3 Å². The molecule has 2 aromatic carbocycles. The Hall–Kier alpha value is -2.53. The quantitative estimate of drug-likeness (QED) is 0.822. The third-order valence-corrected chi connectivity index (χ3v) is 4.13. The standard InChI is InChI=1S/C19H20ClNO4/c1-3-12(2)14-6-4-5-7-17(14)25-11-18(22)21-16-10-13(20)8-9-15(16)19(23)24/h4-10,12H,3,11H2,1-2H3,(H,21,22)(H,23,24)/p-1/t12-/m0/s1. The Bertz CT molecular complexity index is 776. The molecule has 0 saturated carbocycles. The second-order valence-electron chi connectivity index (χ2n) is 5.66. The Morgan fingerprint density at radius 2 is 1.96 bits per heavy atom. The van der Waals surface area contributed by atoms with Crippen LogP contribution in [0.4, 0.5) is 5.69 Å². The molecule has 2 rings (SSSR count). The summed E-state index contributed by atoms with van der Waals surface area (Å²) in [4.78, 5) is 23.2. The second kappa shape index (κ2) is 8.53. The highest BCUT2D eigenvalue weighted by Gasteiger charge is 2.13. The van der Waals surface area contributed by atoms with E-state index >= 15 is 0 Å². The van der Waals surface area contributed by atoms with Crippen LogP contribution >= 0.6 is 11.6 Å². The number of carbonyl (C=O) groups excluding carboxylic acids is 2. The first-order valence-corrected chi connectivity index (χ1v) is 8.32. The van der Waals surface area contributed by atoms with E-state index in [0.29, 0.717) is 16.7 Å². The zero-order valence-corrected chi connectivity index (χ0v) is 14.8. The summed E-state index contributed by atoms with van der Waals surface area (Å²) < 4.78 is 5.62. The van der Waals surface area contributed by atoms with Crippen LogP contribution in [-0.2, 0) is 4.79 Å². The normalized spacial score (nSPS) is 11.6. The Balaban J connectivity index is 2.08. The zero-order valence-electron chi connectivity index (χ0n) is 14.0. The Kier molecular flexibility index (Phi) is 6.42. The summed E-state index contributed by atoms with van der Waals surface area (Å²) in [6.07, 6.45) is 0.948. The molecule has 5 nitrogen and oxygen atoms in total. The number of carboxylic acids is 1. The van der Waals surface area contributed by atoms with Crippen LogP contribution in [-0.4, -0.2) is 18.5 Å². The van der Waals surface area contributed by atoms with E-state index in [1.807, 2.05) is 18.2 Å². The number of hydrogen-bond acceptors (Lipinski definition) is 4. The van der Waals surface area contributed by atoms with Crippen molar-refractivity contribution in [2.45, 2.75) is 26.2 Å². The SMILES string of the molecule is CC[C@H](C)c1ccccc1OCC(=O)Nc1cc(Cl)ccc1C(=O)[O-]. The minimum atomic E-state index is -1.39. The molecule has 1 atom stereocenters. The van der Waals surface area contributed by atoms with E-state index in [9.17, 15) is 14.7 Å². The predicted octanol–water partition coefficient (Wildman–Crippen LogP) is 3.23. The second-order valence-corrected chi connectivity index (χ2v) is 6.10. The molecule has 6 heteroatoms. The van der Waals surface area contributed by atoms with Crippen molar-refractivity contribution in [3.8, 4) is 5.75 Å². The third-order valence-electron chi connectivity index (χ3n) is 3.90. The van der Waals surface area contributed by atoms with Crippen molar-refractivity contribution < 1.29 is 19.4 Å². The third kappa shape index (κ3) is 4.97. The average molecular weight is 361 g/mol. The number of anilines is 1. The summed E-state index contributed by atoms with van der Waals surface area (Å²) in [7, 11) is 0. The highest BCUT2D eigenvalue weighted by molar-refractivity contribution is 6.31. The lowest BCUT2D eigenvalue weighted by Crippen LogP contribution is -2.26. The van der Waals surface area contributed by atoms with Gasteiger partial charge in [-0.1, -0.05) is 43.6 Å². The number of ether oxygens (including phenoxy) is 1. The first-order chi connectivity index (χ1) is 11.9.